The molecule has 9 nitrogen and oxygen atoms in total. The zero-order valence-corrected chi connectivity index (χ0v) is 25.7. The van der Waals surface area contributed by atoms with Gasteiger partial charge in [0.15, 0.2) is 16.9 Å². The lowest BCUT2D eigenvalue weighted by Gasteiger charge is -2.29. The topological polar surface area (TPSA) is 98.5 Å². The summed E-state index contributed by atoms with van der Waals surface area (Å²) in [4.78, 5) is 45.1. The van der Waals surface area contributed by atoms with Crippen LogP contribution < -0.4 is 14.9 Å². The van der Waals surface area contributed by atoms with Crippen LogP contribution in [0.2, 0.25) is 5.02 Å². The standard InChI is InChI=1S/C36H31ClN2O7/c37-26-11-13-31-30(16-26)35(41)25(21-44-31)18-38(17-23-10-12-32-33(15-23)46-22-45-32)34(40)20-39(19-27-7-4-14-43-27)36(42)29-9-3-6-24-5-1-2-8-28(24)29/h1-3,5-6,8-13,15-16,21,27H,4,7,14,17-20,22H2. The van der Waals surface area contributed by atoms with E-state index in [0.29, 0.717) is 39.7 Å². The zero-order chi connectivity index (χ0) is 31.6. The molecule has 0 radical (unpaired) electrons. The average Bonchev–Trinajstić information content (AvgIpc) is 3.77. The summed E-state index contributed by atoms with van der Waals surface area (Å²) in [5, 5.41) is 2.47. The Bertz CT molecular complexity index is 2000. The first-order valence-corrected chi connectivity index (χ1v) is 15.6. The molecular formula is C36H31ClN2O7. The molecule has 1 saturated heterocycles. The molecule has 2 amide bonds. The third-order valence-electron chi connectivity index (χ3n) is 8.41. The predicted octanol–water partition coefficient (Wildman–Crippen LogP) is 6.18. The maximum atomic E-state index is 14.3. The highest BCUT2D eigenvalue weighted by molar-refractivity contribution is 6.31. The summed E-state index contributed by atoms with van der Waals surface area (Å²) in [7, 11) is 0. The molecule has 1 aromatic heterocycles. The smallest absolute Gasteiger partial charge is 0.255 e. The van der Waals surface area contributed by atoms with Gasteiger partial charge in [0.05, 0.1) is 29.9 Å². The molecule has 1 fully saturated rings. The van der Waals surface area contributed by atoms with Crippen LogP contribution >= 0.6 is 11.6 Å². The number of nitrogens with zero attached hydrogens (tertiary/aromatic N) is 2. The van der Waals surface area contributed by atoms with Crippen LogP contribution in [0.1, 0.15) is 34.3 Å². The van der Waals surface area contributed by atoms with Crippen molar-refractivity contribution in [2.45, 2.75) is 32.0 Å². The molecule has 3 heterocycles. The molecule has 7 rings (SSSR count). The van der Waals surface area contributed by atoms with E-state index in [1.54, 1.807) is 40.1 Å². The third kappa shape index (κ3) is 6.16. The minimum absolute atomic E-state index is 0.0473. The highest BCUT2D eigenvalue weighted by Crippen LogP contribution is 2.33. The van der Waals surface area contributed by atoms with E-state index < -0.39 is 0 Å². The van der Waals surface area contributed by atoms with E-state index in [-0.39, 0.29) is 61.9 Å². The molecule has 0 aliphatic carbocycles. The van der Waals surface area contributed by atoms with Gasteiger partial charge in [0.1, 0.15) is 12.1 Å². The lowest BCUT2D eigenvalue weighted by molar-refractivity contribution is -0.133. The van der Waals surface area contributed by atoms with Crippen LogP contribution in [0.4, 0.5) is 0 Å². The number of rotatable bonds is 9. The molecular weight excluding hydrogens is 608 g/mol. The summed E-state index contributed by atoms with van der Waals surface area (Å²) in [6.07, 6.45) is 2.90. The van der Waals surface area contributed by atoms with E-state index >= 15 is 0 Å². The van der Waals surface area contributed by atoms with Gasteiger partial charge in [-0.25, -0.2) is 0 Å². The van der Waals surface area contributed by atoms with Gasteiger partial charge in [0, 0.05) is 30.3 Å². The van der Waals surface area contributed by atoms with Gasteiger partial charge in [0.2, 0.25) is 12.7 Å². The van der Waals surface area contributed by atoms with E-state index in [1.165, 1.54) is 6.26 Å². The number of carbonyl (C=O) groups excluding carboxylic acids is 2. The molecule has 0 bridgehead atoms. The number of fused-ring (bicyclic) bond motifs is 3. The third-order valence-corrected chi connectivity index (χ3v) is 8.65. The normalized spacial score (nSPS) is 15.4. The average molecular weight is 639 g/mol. The molecule has 1 unspecified atom stereocenters. The number of hydrogen-bond donors (Lipinski definition) is 0. The zero-order valence-electron chi connectivity index (χ0n) is 24.9. The van der Waals surface area contributed by atoms with Crippen LogP contribution in [-0.4, -0.2) is 54.2 Å². The van der Waals surface area contributed by atoms with Crippen molar-refractivity contribution in [1.29, 1.82) is 0 Å². The molecule has 0 N–H and O–H groups in total. The molecule has 0 saturated carbocycles. The van der Waals surface area contributed by atoms with Crippen molar-refractivity contribution >= 4 is 45.2 Å². The SMILES string of the molecule is O=C(CN(CC1CCCO1)C(=O)c1cccc2ccccc12)N(Cc1ccc2c(c1)OCO2)Cc1coc2ccc(Cl)cc2c1=O. The second kappa shape index (κ2) is 12.9. The first-order valence-electron chi connectivity index (χ1n) is 15.2. The van der Waals surface area contributed by atoms with Crippen LogP contribution in [0.5, 0.6) is 11.5 Å². The minimum atomic E-state index is -0.338. The Morgan fingerprint density at radius 1 is 0.870 bits per heavy atom. The Kier molecular flexibility index (Phi) is 8.34. The van der Waals surface area contributed by atoms with E-state index in [4.69, 9.17) is 30.2 Å². The second-order valence-corrected chi connectivity index (χ2v) is 12.0. The summed E-state index contributed by atoms with van der Waals surface area (Å²) in [5.74, 6) is 0.603. The number of halogens is 1. The minimum Gasteiger partial charge on any atom is -0.464 e. The molecule has 0 spiro atoms. The van der Waals surface area contributed by atoms with Crippen LogP contribution in [0.15, 0.2) is 94.3 Å². The molecule has 46 heavy (non-hydrogen) atoms. The second-order valence-electron chi connectivity index (χ2n) is 11.5. The molecule has 1 atom stereocenters. The van der Waals surface area contributed by atoms with E-state index in [2.05, 4.69) is 0 Å². The van der Waals surface area contributed by atoms with Crippen molar-refractivity contribution < 1.29 is 28.2 Å². The number of hydrogen-bond acceptors (Lipinski definition) is 7. The maximum Gasteiger partial charge on any atom is 0.255 e. The molecule has 4 aromatic carbocycles. The fraction of sp³-hybridized carbons (Fsp3) is 0.250. The quantitative estimate of drug-likeness (QED) is 0.190. The number of carbonyl (C=O) groups is 2. The predicted molar refractivity (Wildman–Crippen MR) is 173 cm³/mol. The van der Waals surface area contributed by atoms with Crippen LogP contribution in [0.3, 0.4) is 0 Å². The summed E-state index contributed by atoms with van der Waals surface area (Å²) in [5.41, 5.74) is 1.69. The Labute approximate surface area is 269 Å². The van der Waals surface area contributed by atoms with Crippen molar-refractivity contribution in [2.75, 3.05) is 26.5 Å². The lowest BCUT2D eigenvalue weighted by atomic mass is 10.0. The first kappa shape index (κ1) is 29.8. The van der Waals surface area contributed by atoms with Crippen molar-refractivity contribution in [1.82, 2.24) is 9.80 Å². The Morgan fingerprint density at radius 3 is 2.59 bits per heavy atom. The number of amides is 2. The Balaban J connectivity index is 1.22. The highest BCUT2D eigenvalue weighted by Gasteiger charge is 2.29. The van der Waals surface area contributed by atoms with Crippen molar-refractivity contribution in [2.24, 2.45) is 0 Å². The molecule has 5 aromatic rings. The van der Waals surface area contributed by atoms with Gasteiger partial charge in [-0.15, -0.1) is 0 Å². The Hall–Kier alpha value is -4.86. The number of ether oxygens (including phenoxy) is 3. The van der Waals surface area contributed by atoms with Crippen molar-refractivity contribution in [3.05, 3.63) is 117 Å². The lowest BCUT2D eigenvalue weighted by Crippen LogP contribution is -2.45. The molecule has 2 aliphatic rings. The van der Waals surface area contributed by atoms with Gasteiger partial charge < -0.3 is 28.4 Å². The van der Waals surface area contributed by atoms with E-state index in [0.717, 1.165) is 29.2 Å². The van der Waals surface area contributed by atoms with Gasteiger partial charge in [-0.2, -0.15) is 0 Å². The Morgan fingerprint density at radius 2 is 1.72 bits per heavy atom. The molecule has 10 heteroatoms. The van der Waals surface area contributed by atoms with E-state index in [1.807, 2.05) is 48.5 Å². The van der Waals surface area contributed by atoms with Gasteiger partial charge in [-0.3, -0.25) is 14.4 Å². The monoisotopic (exact) mass is 638 g/mol. The van der Waals surface area contributed by atoms with E-state index in [9.17, 15) is 14.4 Å². The fourth-order valence-corrected chi connectivity index (χ4v) is 6.22. The van der Waals surface area contributed by atoms with Gasteiger partial charge >= 0.3 is 0 Å². The first-order chi connectivity index (χ1) is 22.4. The highest BCUT2D eigenvalue weighted by atomic mass is 35.5. The number of benzene rings is 4. The van der Waals surface area contributed by atoms with Crippen LogP contribution in [0.25, 0.3) is 21.7 Å². The van der Waals surface area contributed by atoms with Gasteiger partial charge in [-0.1, -0.05) is 54.1 Å². The maximum absolute atomic E-state index is 14.3. The largest absolute Gasteiger partial charge is 0.464 e. The van der Waals surface area contributed by atoms with Gasteiger partial charge in [-0.05, 0) is 65.6 Å². The summed E-state index contributed by atoms with van der Waals surface area (Å²) in [6.45, 7) is 0.899. The van der Waals surface area contributed by atoms with Crippen LogP contribution in [-0.2, 0) is 22.6 Å². The van der Waals surface area contributed by atoms with Crippen molar-refractivity contribution in [3.63, 3.8) is 0 Å². The van der Waals surface area contributed by atoms with Gasteiger partial charge in [0.25, 0.3) is 5.91 Å². The summed E-state index contributed by atoms with van der Waals surface area (Å²) >= 11 is 6.18. The summed E-state index contributed by atoms with van der Waals surface area (Å²) in [6, 6.07) is 23.6. The van der Waals surface area contributed by atoms with Crippen LogP contribution in [0, 0.1) is 0 Å². The fourth-order valence-electron chi connectivity index (χ4n) is 6.05. The van der Waals surface area contributed by atoms with Crippen molar-refractivity contribution in [3.8, 4) is 11.5 Å². The summed E-state index contributed by atoms with van der Waals surface area (Å²) < 4.78 is 22.7. The molecule has 2 aliphatic heterocycles. The molecule has 234 valence electrons.